The summed E-state index contributed by atoms with van der Waals surface area (Å²) in [5.74, 6) is 0.564. The van der Waals surface area contributed by atoms with E-state index in [1.54, 1.807) is 23.3 Å². The van der Waals surface area contributed by atoms with Crippen LogP contribution in [0, 0.1) is 11.5 Å². The van der Waals surface area contributed by atoms with Gasteiger partial charge in [-0.05, 0) is 42.7 Å². The number of hydrogen-bond acceptors (Lipinski definition) is 6. The van der Waals surface area contributed by atoms with Gasteiger partial charge in [-0.2, -0.15) is 10.4 Å². The quantitative estimate of drug-likeness (QED) is 0.478. The lowest BCUT2D eigenvalue weighted by Gasteiger charge is -2.28. The first-order valence-corrected chi connectivity index (χ1v) is 9.79. The summed E-state index contributed by atoms with van der Waals surface area (Å²) in [7, 11) is 0. The van der Waals surface area contributed by atoms with Gasteiger partial charge in [-0.1, -0.05) is 41.9 Å². The molecule has 2 heterocycles. The van der Waals surface area contributed by atoms with Gasteiger partial charge in [-0.3, -0.25) is 4.90 Å². The van der Waals surface area contributed by atoms with Crippen molar-refractivity contribution in [3.63, 3.8) is 0 Å². The van der Waals surface area contributed by atoms with E-state index < -0.39 is 6.23 Å². The van der Waals surface area contributed by atoms with Crippen molar-refractivity contribution in [3.8, 4) is 11.9 Å². The van der Waals surface area contributed by atoms with Crippen molar-refractivity contribution in [3.05, 3.63) is 65.2 Å². The smallest absolute Gasteiger partial charge is 0.329 e. The lowest BCUT2D eigenvalue weighted by molar-refractivity contribution is 0.0243. The minimum Gasteiger partial charge on any atom is -0.424 e. The van der Waals surface area contributed by atoms with E-state index >= 15 is 0 Å². The minimum absolute atomic E-state index is 0.0985. The zero-order valence-electron chi connectivity index (χ0n) is 15.6. The number of hydrogen-bond donors (Lipinski definition) is 1. The van der Waals surface area contributed by atoms with Crippen LogP contribution in [-0.4, -0.2) is 52.1 Å². The summed E-state index contributed by atoms with van der Waals surface area (Å²) in [6, 6.07) is 16.5. The number of nitriles is 1. The molecule has 148 valence electrons. The van der Waals surface area contributed by atoms with Crippen molar-refractivity contribution in [2.24, 2.45) is 10.1 Å². The zero-order valence-corrected chi connectivity index (χ0v) is 16.4. The number of aliphatic hydroxyl groups is 1. The van der Waals surface area contributed by atoms with E-state index in [4.69, 9.17) is 26.7 Å². The third-order valence-corrected chi connectivity index (χ3v) is 5.26. The predicted molar refractivity (Wildman–Crippen MR) is 111 cm³/mol. The summed E-state index contributed by atoms with van der Waals surface area (Å²) in [5, 5.41) is 26.5. The molecule has 7 nitrogen and oxygen atoms in total. The Labute approximate surface area is 174 Å². The van der Waals surface area contributed by atoms with Gasteiger partial charge in [0.15, 0.2) is 0 Å². The van der Waals surface area contributed by atoms with Gasteiger partial charge in [-0.25, -0.2) is 5.01 Å². The molecule has 1 N–H and O–H groups in total. The van der Waals surface area contributed by atoms with Gasteiger partial charge < -0.3 is 9.84 Å². The first kappa shape index (κ1) is 19.4. The monoisotopic (exact) mass is 409 g/mol. The summed E-state index contributed by atoms with van der Waals surface area (Å²) in [5.41, 5.74) is 1.68. The van der Waals surface area contributed by atoms with Gasteiger partial charge in [0.05, 0.1) is 18.3 Å². The topological polar surface area (TPSA) is 84.5 Å². The molecule has 8 heteroatoms. The highest BCUT2D eigenvalue weighted by molar-refractivity contribution is 6.30. The number of amidine groups is 1. The fourth-order valence-corrected chi connectivity index (χ4v) is 3.77. The number of benzene rings is 2. The Morgan fingerprint density at radius 2 is 1.97 bits per heavy atom. The summed E-state index contributed by atoms with van der Waals surface area (Å²) >= 11 is 6.04. The molecule has 1 saturated heterocycles. The third-order valence-electron chi connectivity index (χ3n) is 5.01. The Bertz CT molecular complexity index is 955. The normalized spacial score (nSPS) is 22.4. The van der Waals surface area contributed by atoms with Crippen molar-refractivity contribution in [2.75, 3.05) is 13.1 Å². The van der Waals surface area contributed by atoms with Crippen LogP contribution in [0.2, 0.25) is 5.02 Å². The van der Waals surface area contributed by atoms with Gasteiger partial charge >= 0.3 is 6.02 Å². The molecule has 1 fully saturated rings. The second kappa shape index (κ2) is 8.62. The Kier molecular flexibility index (Phi) is 5.76. The Hall–Kier alpha value is -2.92. The molecular weight excluding hydrogens is 390 g/mol. The van der Waals surface area contributed by atoms with E-state index in [1.165, 1.54) is 0 Å². The summed E-state index contributed by atoms with van der Waals surface area (Å²) in [4.78, 5) is 5.87. The standard InChI is InChI=1S/C21H20ClN5O2/c22-16-10-8-15(9-11-16)20-18(26-12-4-7-19(26)28)13-27(25-20)21(24-14-23)29-17-5-2-1-3-6-17/h1-3,5-6,8-11,18-19,28H,4,7,12-13H2. The zero-order chi connectivity index (χ0) is 20.2. The highest BCUT2D eigenvalue weighted by atomic mass is 35.5. The van der Waals surface area contributed by atoms with E-state index in [0.717, 1.165) is 30.7 Å². The average Bonchev–Trinajstić information content (AvgIpc) is 3.35. The second-order valence-electron chi connectivity index (χ2n) is 6.86. The Balaban J connectivity index is 1.67. The van der Waals surface area contributed by atoms with Crippen LogP contribution >= 0.6 is 11.6 Å². The minimum atomic E-state index is -0.524. The maximum Gasteiger partial charge on any atom is 0.329 e. The highest BCUT2D eigenvalue weighted by Gasteiger charge is 2.39. The molecule has 0 aromatic heterocycles. The number of nitrogens with zero attached hydrogens (tertiary/aromatic N) is 5. The number of halogens is 1. The van der Waals surface area contributed by atoms with Crippen LogP contribution in [0.3, 0.4) is 0 Å². The first-order chi connectivity index (χ1) is 14.2. The molecule has 2 unspecified atom stereocenters. The van der Waals surface area contributed by atoms with E-state index in [-0.39, 0.29) is 12.1 Å². The van der Waals surface area contributed by atoms with Crippen LogP contribution in [0.5, 0.6) is 5.75 Å². The van der Waals surface area contributed by atoms with E-state index in [0.29, 0.717) is 17.3 Å². The molecule has 2 aromatic carbocycles. The molecule has 0 spiro atoms. The van der Waals surface area contributed by atoms with Crippen LogP contribution in [0.15, 0.2) is 64.7 Å². The molecule has 29 heavy (non-hydrogen) atoms. The summed E-state index contributed by atoms with van der Waals surface area (Å²) in [6.45, 7) is 1.19. The predicted octanol–water partition coefficient (Wildman–Crippen LogP) is 3.06. The van der Waals surface area contributed by atoms with E-state index in [1.807, 2.05) is 47.4 Å². The lowest BCUT2D eigenvalue weighted by atomic mass is 10.0. The molecule has 2 aliphatic rings. The lowest BCUT2D eigenvalue weighted by Crippen LogP contribution is -2.46. The largest absolute Gasteiger partial charge is 0.424 e. The first-order valence-electron chi connectivity index (χ1n) is 9.41. The van der Waals surface area contributed by atoms with Crippen LogP contribution in [0.4, 0.5) is 0 Å². The van der Waals surface area contributed by atoms with Crippen molar-refractivity contribution >= 4 is 23.3 Å². The highest BCUT2D eigenvalue weighted by Crippen LogP contribution is 2.27. The van der Waals surface area contributed by atoms with Crippen LogP contribution in [0.1, 0.15) is 18.4 Å². The summed E-state index contributed by atoms with van der Waals surface area (Å²) < 4.78 is 5.82. The van der Waals surface area contributed by atoms with Crippen LogP contribution in [0.25, 0.3) is 0 Å². The van der Waals surface area contributed by atoms with Crippen molar-refractivity contribution in [1.82, 2.24) is 9.91 Å². The molecule has 0 saturated carbocycles. The number of hydrazone groups is 1. The molecule has 4 rings (SSSR count). The number of aliphatic imine (C=N–C) groups is 1. The summed E-state index contributed by atoms with van der Waals surface area (Å²) in [6.07, 6.45) is 2.92. The Morgan fingerprint density at radius 3 is 2.62 bits per heavy atom. The maximum absolute atomic E-state index is 10.4. The maximum atomic E-state index is 10.4. The average molecular weight is 410 g/mol. The molecule has 2 aromatic rings. The molecule has 0 amide bonds. The van der Waals surface area contributed by atoms with Gasteiger partial charge in [0.25, 0.3) is 0 Å². The number of rotatable bonds is 3. The molecule has 0 radical (unpaired) electrons. The van der Waals surface area contributed by atoms with Gasteiger partial charge in [0, 0.05) is 11.6 Å². The molecule has 2 atom stereocenters. The number of likely N-dealkylation sites (tertiary alicyclic amines) is 1. The number of aliphatic hydroxyl groups excluding tert-OH is 1. The van der Waals surface area contributed by atoms with Crippen molar-refractivity contribution in [1.29, 1.82) is 5.26 Å². The van der Waals surface area contributed by atoms with Gasteiger partial charge in [0.1, 0.15) is 12.0 Å². The fourth-order valence-electron chi connectivity index (χ4n) is 3.65. The van der Waals surface area contributed by atoms with E-state index in [9.17, 15) is 5.11 Å². The Morgan fingerprint density at radius 1 is 1.21 bits per heavy atom. The van der Waals surface area contributed by atoms with Gasteiger partial charge in [0.2, 0.25) is 6.19 Å². The second-order valence-corrected chi connectivity index (χ2v) is 7.30. The SMILES string of the molecule is N#CN=C(Oc1ccccc1)N1CC(N2CCCC2O)C(c2ccc(Cl)cc2)=N1. The fraction of sp³-hybridized carbons (Fsp3) is 0.286. The number of ether oxygens (including phenoxy) is 1. The molecule has 0 aliphatic carbocycles. The van der Waals surface area contributed by atoms with Crippen LogP contribution in [-0.2, 0) is 0 Å². The third kappa shape index (κ3) is 4.25. The van der Waals surface area contributed by atoms with Crippen LogP contribution < -0.4 is 4.74 Å². The van der Waals surface area contributed by atoms with E-state index in [2.05, 4.69) is 4.99 Å². The molecule has 0 bridgehead atoms. The van der Waals surface area contributed by atoms with Crippen molar-refractivity contribution < 1.29 is 9.84 Å². The molecule has 2 aliphatic heterocycles. The molecular formula is C21H20ClN5O2. The van der Waals surface area contributed by atoms with Crippen molar-refractivity contribution in [2.45, 2.75) is 25.1 Å². The van der Waals surface area contributed by atoms with Gasteiger partial charge in [-0.15, -0.1) is 4.99 Å². The number of para-hydroxylation sites is 1.